The molecular weight excluding hydrogens is 719 g/mol. The monoisotopic (exact) mass is 764 g/mol. The van der Waals surface area contributed by atoms with Crippen LogP contribution in [0.5, 0.6) is 0 Å². The molecule has 0 saturated carbocycles. The number of aryl methyl sites for hydroxylation is 3. The second kappa shape index (κ2) is 16.0. The third kappa shape index (κ3) is 7.39. The minimum absolute atomic E-state index is 0.0232. The van der Waals surface area contributed by atoms with E-state index in [4.69, 9.17) is 10.7 Å². The molecule has 0 radical (unpaired) electrons. The maximum Gasteiger partial charge on any atom is 0.264 e. The molecule has 56 heavy (non-hydrogen) atoms. The van der Waals surface area contributed by atoms with Crippen LogP contribution in [-0.4, -0.2) is 70.6 Å². The molecule has 3 aliphatic heterocycles. The first kappa shape index (κ1) is 38.4. The summed E-state index contributed by atoms with van der Waals surface area (Å²) in [5, 5.41) is 2.92. The number of imide groups is 1. The van der Waals surface area contributed by atoms with Crippen molar-refractivity contribution in [2.45, 2.75) is 77.4 Å². The van der Waals surface area contributed by atoms with E-state index in [0.29, 0.717) is 66.1 Å². The van der Waals surface area contributed by atoms with E-state index in [1.807, 2.05) is 36.1 Å². The van der Waals surface area contributed by atoms with Crippen molar-refractivity contribution in [3.05, 3.63) is 98.6 Å². The van der Waals surface area contributed by atoms with Crippen LogP contribution in [-0.2, 0) is 29.6 Å². The number of benzene rings is 2. The zero-order chi connectivity index (χ0) is 39.7. The summed E-state index contributed by atoms with van der Waals surface area (Å²) < 4.78 is 31.3. The van der Waals surface area contributed by atoms with Gasteiger partial charge >= 0.3 is 0 Å². The maximum absolute atomic E-state index is 14.8. The second-order valence-electron chi connectivity index (χ2n) is 14.8. The highest BCUT2D eigenvalue weighted by molar-refractivity contribution is 6.10. The van der Waals surface area contributed by atoms with Crippen LogP contribution < -0.4 is 26.4 Å². The van der Waals surface area contributed by atoms with E-state index >= 15 is 0 Å². The van der Waals surface area contributed by atoms with Gasteiger partial charge in [0.15, 0.2) is 0 Å². The molecule has 2 aromatic heterocycles. The highest BCUT2D eigenvalue weighted by Gasteiger charge is 2.32. The van der Waals surface area contributed by atoms with Gasteiger partial charge in [0.2, 0.25) is 12.3 Å². The normalized spacial score (nSPS) is 16.9. The Morgan fingerprint density at radius 1 is 1.09 bits per heavy atom. The van der Waals surface area contributed by atoms with E-state index in [2.05, 4.69) is 21.3 Å². The zero-order valence-electron chi connectivity index (χ0n) is 31.8. The smallest absolute Gasteiger partial charge is 0.264 e. The number of allylic oxidation sites excluding steroid dienone is 1. The van der Waals surface area contributed by atoms with E-state index in [1.165, 1.54) is 6.20 Å². The average molecular weight is 765 g/mol. The first-order valence-corrected chi connectivity index (χ1v) is 19.0. The molecular formula is C42H46F2N8O4. The van der Waals surface area contributed by atoms with Gasteiger partial charge in [0, 0.05) is 103 Å². The number of fused-ring (bicyclic) bond motifs is 3. The van der Waals surface area contributed by atoms with E-state index in [1.54, 1.807) is 48.0 Å². The molecule has 12 nitrogen and oxygen atoms in total. The van der Waals surface area contributed by atoms with E-state index in [0.717, 1.165) is 60.1 Å². The Hall–Kier alpha value is -5.92. The molecule has 2 aromatic carbocycles. The SMILES string of the molecule is Cc1cc2c(N3CCCc4cc(/C(C=NC5CCN(c6ccc7c(c6)CN(C(C)CCC(=O)NC=O)C7=O)CC5)=C/N)c(C(F)F)cc43)nccc2n(C)c1=O. The van der Waals surface area contributed by atoms with Gasteiger partial charge in [-0.25, -0.2) is 13.8 Å². The number of hydrogen-bond acceptors (Lipinski definition) is 9. The van der Waals surface area contributed by atoms with Crippen LogP contribution in [0.1, 0.15) is 83.6 Å². The first-order valence-electron chi connectivity index (χ1n) is 19.0. The van der Waals surface area contributed by atoms with Crippen molar-refractivity contribution >= 4 is 58.1 Å². The van der Waals surface area contributed by atoms with Gasteiger partial charge in [-0.2, -0.15) is 0 Å². The molecule has 4 aromatic rings. The van der Waals surface area contributed by atoms with E-state index < -0.39 is 6.43 Å². The number of halogens is 2. The van der Waals surface area contributed by atoms with Crippen molar-refractivity contribution in [3.8, 4) is 0 Å². The van der Waals surface area contributed by atoms with Crippen molar-refractivity contribution in [2.24, 2.45) is 17.8 Å². The molecule has 0 bridgehead atoms. The number of nitrogens with two attached hydrogens (primary N) is 1. The lowest BCUT2D eigenvalue weighted by atomic mass is 9.92. The minimum Gasteiger partial charge on any atom is -0.404 e. The third-order valence-electron chi connectivity index (χ3n) is 11.4. The van der Waals surface area contributed by atoms with Gasteiger partial charge in [0.25, 0.3) is 17.9 Å². The van der Waals surface area contributed by atoms with Crippen LogP contribution in [0.3, 0.4) is 0 Å². The highest BCUT2D eigenvalue weighted by Crippen LogP contribution is 2.41. The number of amides is 3. The van der Waals surface area contributed by atoms with Crippen LogP contribution >= 0.6 is 0 Å². The topological polar surface area (TPSA) is 146 Å². The summed E-state index contributed by atoms with van der Waals surface area (Å²) in [6, 6.07) is 12.7. The van der Waals surface area contributed by atoms with Crippen LogP contribution in [0.4, 0.5) is 26.0 Å². The Morgan fingerprint density at radius 2 is 1.88 bits per heavy atom. The fraction of sp³-hybridized carbons (Fsp3) is 0.381. The minimum atomic E-state index is -2.76. The highest BCUT2D eigenvalue weighted by atomic mass is 19.3. The number of carbonyl (C=O) groups excluding carboxylic acids is 3. The number of nitrogens with zero attached hydrogens (tertiary/aromatic N) is 6. The molecule has 7 rings (SSSR count). The molecule has 0 aliphatic carbocycles. The predicted molar refractivity (Wildman–Crippen MR) is 214 cm³/mol. The van der Waals surface area contributed by atoms with Crippen molar-refractivity contribution < 1.29 is 23.2 Å². The van der Waals surface area contributed by atoms with Crippen molar-refractivity contribution in [1.29, 1.82) is 0 Å². The lowest BCUT2D eigenvalue weighted by molar-refractivity contribution is -0.125. The number of pyridine rings is 2. The zero-order valence-corrected chi connectivity index (χ0v) is 31.8. The van der Waals surface area contributed by atoms with Gasteiger partial charge in [0.05, 0.1) is 11.6 Å². The van der Waals surface area contributed by atoms with E-state index in [-0.39, 0.29) is 41.4 Å². The van der Waals surface area contributed by atoms with Crippen LogP contribution in [0.2, 0.25) is 0 Å². The number of hydrogen-bond donors (Lipinski definition) is 2. The average Bonchev–Trinajstić information content (AvgIpc) is 3.54. The summed E-state index contributed by atoms with van der Waals surface area (Å²) in [5.74, 6) is 0.189. The Morgan fingerprint density at radius 3 is 2.61 bits per heavy atom. The molecule has 0 spiro atoms. The number of aliphatic imine (C=N–C) groups is 1. The molecule has 1 unspecified atom stereocenters. The largest absolute Gasteiger partial charge is 0.404 e. The molecule has 5 heterocycles. The van der Waals surface area contributed by atoms with Crippen LogP contribution in [0, 0.1) is 6.92 Å². The van der Waals surface area contributed by atoms with Gasteiger partial charge in [-0.05, 0) is 105 Å². The summed E-state index contributed by atoms with van der Waals surface area (Å²) in [6.07, 6.45) is 5.82. The Labute approximate surface area is 323 Å². The molecule has 1 saturated heterocycles. The van der Waals surface area contributed by atoms with Gasteiger partial charge in [-0.3, -0.25) is 29.5 Å². The molecule has 3 N–H and O–H groups in total. The molecule has 1 atom stereocenters. The van der Waals surface area contributed by atoms with Crippen molar-refractivity contribution in [3.63, 3.8) is 0 Å². The Kier molecular flexibility index (Phi) is 11.0. The summed E-state index contributed by atoms with van der Waals surface area (Å²) in [7, 11) is 1.72. The number of alkyl halides is 2. The van der Waals surface area contributed by atoms with Gasteiger partial charge in [-0.15, -0.1) is 0 Å². The van der Waals surface area contributed by atoms with Crippen molar-refractivity contribution in [1.82, 2.24) is 19.8 Å². The standard InChI is InChI=1S/C42H46F2N8O4/c1-25-17-35-36(49(3)41(25)55)10-13-46-40(35)51-14-4-5-27-19-33(34(39(43)44)20-37(27)51)29(21-45)22-47-30-11-15-50(16-12-30)31-7-8-32-28(18-31)23-52(42(32)56)26(2)6-9-38(54)48-24-53/h7-8,10,13,17-22,24,26,30,39H,4-6,9,11-12,14-16,23,45H2,1-3H3,(H,48,53,54)/b29-21+,47-22?. The maximum atomic E-state index is 14.8. The number of anilines is 3. The van der Waals surface area contributed by atoms with Gasteiger partial charge in [0.1, 0.15) is 5.82 Å². The fourth-order valence-electron chi connectivity index (χ4n) is 8.23. The Bertz CT molecular complexity index is 2310. The number of piperidine rings is 1. The number of carbonyl (C=O) groups is 3. The summed E-state index contributed by atoms with van der Waals surface area (Å²) in [6.45, 7) is 6.17. The Balaban J connectivity index is 1.04. The van der Waals surface area contributed by atoms with Crippen LogP contribution in [0.25, 0.3) is 16.5 Å². The lowest BCUT2D eigenvalue weighted by Gasteiger charge is -2.33. The molecule has 1 fully saturated rings. The molecule has 14 heteroatoms. The van der Waals surface area contributed by atoms with Crippen molar-refractivity contribution in [2.75, 3.05) is 29.4 Å². The number of nitrogens with one attached hydrogen (secondary N) is 1. The first-order chi connectivity index (χ1) is 27.0. The van der Waals surface area contributed by atoms with Gasteiger partial charge < -0.3 is 25.0 Å². The lowest BCUT2D eigenvalue weighted by Crippen LogP contribution is -2.35. The number of rotatable bonds is 11. The van der Waals surface area contributed by atoms with E-state index in [9.17, 15) is 28.0 Å². The number of aromatic nitrogens is 2. The second-order valence-corrected chi connectivity index (χ2v) is 14.8. The summed E-state index contributed by atoms with van der Waals surface area (Å²) in [5.41, 5.74) is 12.1. The van der Waals surface area contributed by atoms with Gasteiger partial charge in [-0.1, -0.05) is 0 Å². The quantitative estimate of drug-likeness (QED) is 0.146. The van der Waals surface area contributed by atoms with Crippen LogP contribution in [0.15, 0.2) is 64.6 Å². The third-order valence-corrected chi connectivity index (χ3v) is 11.4. The summed E-state index contributed by atoms with van der Waals surface area (Å²) >= 11 is 0. The predicted octanol–water partition coefficient (Wildman–Crippen LogP) is 5.70. The fourth-order valence-corrected chi connectivity index (χ4v) is 8.23. The molecule has 3 amide bonds. The molecule has 3 aliphatic rings. The summed E-state index contributed by atoms with van der Waals surface area (Å²) in [4.78, 5) is 63.6. The molecule has 292 valence electrons.